The maximum Gasteiger partial charge on any atom is 1.00 e. The van der Waals surface area contributed by atoms with E-state index in [4.69, 9.17) is 25.9 Å². The van der Waals surface area contributed by atoms with Gasteiger partial charge in [-0.1, -0.05) is 0 Å². The molecule has 0 aliphatic rings. The first-order valence-electron chi connectivity index (χ1n) is 6.35. The molecule has 0 radical (unpaired) electrons. The van der Waals surface area contributed by atoms with Gasteiger partial charge in [0.05, 0.1) is 30.3 Å². The number of rotatable bonds is 5. The first kappa shape index (κ1) is 66.1. The van der Waals surface area contributed by atoms with Crippen molar-refractivity contribution in [2.75, 3.05) is 30.1 Å². The van der Waals surface area contributed by atoms with Gasteiger partial charge in [0.25, 0.3) is 8.87 Å². The average molecular weight is 870 g/mol. The van der Waals surface area contributed by atoms with E-state index in [0.717, 1.165) is 0 Å². The van der Waals surface area contributed by atoms with E-state index in [1.165, 1.54) is 0 Å². The molecule has 0 unspecified atom stereocenters. The van der Waals surface area contributed by atoms with Crippen LogP contribution in [0.3, 0.4) is 0 Å². The second-order valence-corrected chi connectivity index (χ2v) is 18.9. The third kappa shape index (κ3) is 58.7. The van der Waals surface area contributed by atoms with Gasteiger partial charge >= 0.3 is 168 Å². The van der Waals surface area contributed by atoms with E-state index in [-0.39, 0.29) is 169 Å². The van der Waals surface area contributed by atoms with Gasteiger partial charge < -0.3 is 17.8 Å². The molecule has 0 aromatic rings. The Hall–Kier alpha value is 4.66. The largest absolute Gasteiger partial charge is 1.00 e. The fourth-order valence-electron chi connectivity index (χ4n) is 0.542. The minimum Gasteiger partial charge on any atom is -0.748 e. The minimum absolute atomic E-state index is 0. The van der Waals surface area contributed by atoms with Gasteiger partial charge in [-0.3, -0.25) is 0 Å². The van der Waals surface area contributed by atoms with E-state index in [1.54, 1.807) is 4.13 Å². The predicted molar refractivity (Wildman–Crippen MR) is 103 cm³/mol. The van der Waals surface area contributed by atoms with Gasteiger partial charge in [0.2, 0.25) is 9.15 Å². The van der Waals surface area contributed by atoms with Crippen LogP contribution in [-0.2, 0) is 90.5 Å². The number of sulfonamides is 2. The summed E-state index contributed by atoms with van der Waals surface area (Å²) in [6, 6.07) is 0. The van der Waals surface area contributed by atoms with Crippen molar-refractivity contribution in [3.05, 3.63) is 4.13 Å². The Morgan fingerprint density at radius 1 is 0.615 bits per heavy atom. The molecule has 0 aromatic heterocycles. The van der Waals surface area contributed by atoms with Gasteiger partial charge in [-0.2, -0.15) is 13.2 Å². The molecule has 18 nitrogen and oxygen atoms in total. The van der Waals surface area contributed by atoms with Crippen LogP contribution in [0.25, 0.3) is 4.13 Å². The van der Waals surface area contributed by atoms with E-state index in [9.17, 15) is 59.8 Å². The second kappa shape index (κ2) is 24.8. The molecule has 39 heavy (non-hydrogen) atoms. The smallest absolute Gasteiger partial charge is 0.748 e. The summed E-state index contributed by atoms with van der Waals surface area (Å²) < 4.78 is 202. The summed E-state index contributed by atoms with van der Waals surface area (Å²) in [5, 5.41) is -1.67. The van der Waals surface area contributed by atoms with Gasteiger partial charge in [0.1, 0.15) is 0 Å². The number of hydrogen-bond acceptors (Lipinski definition) is 17. The summed E-state index contributed by atoms with van der Waals surface area (Å²) in [5.41, 5.74) is -5.67. The average Bonchev–Trinajstić information content (AvgIpc) is 2.24. The van der Waals surface area contributed by atoms with Gasteiger partial charge in [-0.25, -0.2) is 58.9 Å². The number of nitrogens with zero attached hydrogens (tertiary/aromatic N) is 1. The van der Waals surface area contributed by atoms with Crippen LogP contribution in [0.15, 0.2) is 0 Å². The summed E-state index contributed by atoms with van der Waals surface area (Å²) in [6.45, 7) is 0. The molecule has 0 fully saturated rings. The van der Waals surface area contributed by atoms with Crippen molar-refractivity contribution in [1.29, 1.82) is 0 Å². The number of alkyl halides is 3. The van der Waals surface area contributed by atoms with Gasteiger partial charge in [0, 0.05) is 25.0 Å². The molecular weight excluding hydrogens is 855 g/mol. The minimum atomic E-state index is -5.92. The van der Waals surface area contributed by atoms with Crippen LogP contribution in [0, 0.1) is 0 Å². The van der Waals surface area contributed by atoms with Crippen LogP contribution in [0.2, 0.25) is 0 Å². The van der Waals surface area contributed by atoms with Crippen LogP contribution in [0.1, 0.15) is 0 Å². The number of sulfone groups is 1. The summed E-state index contributed by atoms with van der Waals surface area (Å²) >= 11 is 0. The zero-order chi connectivity index (χ0) is 29.4. The molecule has 0 amide bonds. The van der Waals surface area contributed by atoms with E-state index in [1.807, 2.05) is 0 Å². The molecule has 0 N–H and O–H groups in total. The molecule has 0 spiro atoms. The third-order valence-electron chi connectivity index (χ3n) is 1.20. The molecule has 0 heterocycles. The zero-order valence-corrected chi connectivity index (χ0v) is 37.2. The quantitative estimate of drug-likeness (QED) is 0.141. The van der Waals surface area contributed by atoms with Crippen molar-refractivity contribution in [3.8, 4) is 0 Å². The van der Waals surface area contributed by atoms with Gasteiger partial charge in [0.15, 0.2) is 24.9 Å². The molecular formula is C6H14AgF3KNNa3O17S7+. The Bertz CT molecular complexity index is 1400. The van der Waals surface area contributed by atoms with Crippen LogP contribution < -0.4 is 140 Å². The summed E-state index contributed by atoms with van der Waals surface area (Å²) in [7, 11) is -33.1. The summed E-state index contributed by atoms with van der Waals surface area (Å²) in [4.78, 5) is 0. The van der Waals surface area contributed by atoms with Crippen molar-refractivity contribution in [2.24, 2.45) is 0 Å². The van der Waals surface area contributed by atoms with Crippen LogP contribution in [0.5, 0.6) is 0 Å². The maximum atomic E-state index is 11.4. The normalized spacial score (nSPS) is 11.9. The Balaban J connectivity index is -0.0000000450. The molecule has 0 bridgehead atoms. The van der Waals surface area contributed by atoms with Crippen molar-refractivity contribution in [3.63, 3.8) is 0 Å². The molecule has 0 aromatic carbocycles. The second-order valence-electron chi connectivity index (χ2n) is 5.15. The van der Waals surface area contributed by atoms with E-state index < -0.39 is 78.7 Å². The van der Waals surface area contributed by atoms with Crippen LogP contribution >= 0.6 is 0 Å². The van der Waals surface area contributed by atoms with Crippen molar-refractivity contribution >= 4 is 68.1 Å². The Morgan fingerprint density at radius 2 is 0.821 bits per heavy atom. The van der Waals surface area contributed by atoms with Crippen molar-refractivity contribution in [1.82, 2.24) is 0 Å². The summed E-state index contributed by atoms with van der Waals surface area (Å²) in [6.07, 6.45) is 1.96. The van der Waals surface area contributed by atoms with Gasteiger partial charge in [-0.05, 0) is 0 Å². The molecule has 0 saturated carbocycles. The van der Waals surface area contributed by atoms with E-state index >= 15 is 0 Å². The fraction of sp³-hybridized carbons (Fsp3) is 1.00. The molecule has 0 aliphatic heterocycles. The molecule has 0 atom stereocenters. The first-order valence-corrected chi connectivity index (χ1v) is 18.9. The van der Waals surface area contributed by atoms with E-state index in [2.05, 4.69) is 0 Å². The molecule has 0 rings (SSSR count). The Kier molecular flexibility index (Phi) is 42.0. The SMILES string of the molecule is CS(=O)(=O)CS(=O)(=O)S(=O)(=O)[O-].CS(=O)(=O)[N-]S(=O)(=O)C(F)(F)F.CS(=O)(=O)[O-].CS(=O)(=O)[O-].[Ag+].[K+].[Na+].[Na+].[Na+]. The number of halogens is 3. The van der Waals surface area contributed by atoms with Gasteiger partial charge in [-0.15, -0.1) is 0 Å². The zero-order valence-electron chi connectivity index (χ0n) is 20.9. The Labute approximate surface area is 348 Å². The Morgan fingerprint density at radius 3 is 0.872 bits per heavy atom. The molecule has 33 heteroatoms. The number of hydrogen-bond donors (Lipinski definition) is 0. The topological polar surface area (TPSA) is 322 Å². The molecule has 0 saturated heterocycles. The first-order chi connectivity index (χ1) is 13.9. The van der Waals surface area contributed by atoms with Crippen LogP contribution in [0.4, 0.5) is 13.2 Å². The third-order valence-corrected chi connectivity index (χ3v) is 9.87. The molecule has 0 aliphatic carbocycles. The fourth-order valence-corrected chi connectivity index (χ4v) is 7.51. The van der Waals surface area contributed by atoms with Crippen molar-refractivity contribution < 1.29 is 248 Å². The summed E-state index contributed by atoms with van der Waals surface area (Å²) in [5.74, 6) is 0. The van der Waals surface area contributed by atoms with Crippen LogP contribution in [-0.4, -0.2) is 108 Å². The monoisotopic (exact) mass is 868 g/mol. The standard InChI is InChI=1S/C2H3F3NO4S2.C2H6O7S3.2CH4O3S.Ag.K.3Na/c1-11(7,8)6-12(9,10)2(3,4)5;1-10(3,4)2-11(5,6)12(7,8)9;2*1-5(2,3)4;;;;;/h1H3;2H2,1H3,(H,7,8,9);2*1H3,(H,2,3,4);;;;;/q-1;;;;5*+1/p-3. The van der Waals surface area contributed by atoms with E-state index in [0.29, 0.717) is 18.8 Å². The maximum absolute atomic E-state index is 11.4. The molecule has 222 valence electrons. The predicted octanol–water partition coefficient (Wildman–Crippen LogP) is -15.6. The van der Waals surface area contributed by atoms with Crippen molar-refractivity contribution in [2.45, 2.75) is 5.51 Å².